The van der Waals surface area contributed by atoms with Crippen molar-refractivity contribution in [1.82, 2.24) is 0 Å². The summed E-state index contributed by atoms with van der Waals surface area (Å²) in [5.41, 5.74) is 25.7. The maximum absolute atomic E-state index is 7.44. The number of para-hydroxylation sites is 7. The van der Waals surface area contributed by atoms with Crippen LogP contribution in [0.1, 0.15) is 0 Å². The zero-order chi connectivity index (χ0) is 65.5. The molecule has 0 aliphatic carbocycles. The molecule has 0 fully saturated rings. The van der Waals surface area contributed by atoms with E-state index in [9.17, 15) is 0 Å². The molecule has 0 saturated carbocycles. The van der Waals surface area contributed by atoms with Crippen LogP contribution in [0.2, 0.25) is 0 Å². The molecule has 0 saturated heterocycles. The van der Waals surface area contributed by atoms with Crippen molar-refractivity contribution in [2.45, 2.75) is 0 Å². The van der Waals surface area contributed by atoms with Gasteiger partial charge in [-0.2, -0.15) is 0 Å². The molecule has 466 valence electrons. The second kappa shape index (κ2) is 22.6. The van der Waals surface area contributed by atoms with Crippen molar-refractivity contribution in [2.75, 3.05) is 24.5 Å². The number of anilines is 15. The van der Waals surface area contributed by atoms with Gasteiger partial charge in [0.1, 0.15) is 11.5 Å². The van der Waals surface area contributed by atoms with Crippen molar-refractivity contribution in [3.63, 3.8) is 0 Å². The fourth-order valence-electron chi connectivity index (χ4n) is 16.7. The lowest BCUT2D eigenvalue weighted by Crippen LogP contribution is -2.64. The molecule has 0 spiro atoms. The Bertz CT molecular complexity index is 6150. The van der Waals surface area contributed by atoms with Gasteiger partial charge in [-0.05, 0) is 154 Å². The SMILES string of the molecule is c1ccc(-c2ccccc2N2c3cc4c(cc3B3c5ccccc5N(c5ccccc5)c5cc(N(c6ccccc6)c6cccc7c6sc6ccccc67)cc2c53)B2c3ccccc3Oc3cc(N(c5ccccc5)c5cccc6c5sc5ccccc56)cc(c32)N4c2ccccc2)cc1. The molecule has 4 aliphatic rings. The van der Waals surface area contributed by atoms with Crippen LogP contribution >= 0.6 is 22.7 Å². The van der Waals surface area contributed by atoms with Gasteiger partial charge in [-0.25, -0.2) is 0 Å². The van der Waals surface area contributed by atoms with Gasteiger partial charge in [-0.15, -0.1) is 22.7 Å². The summed E-state index contributed by atoms with van der Waals surface area (Å²) in [6, 6.07) is 128. The van der Waals surface area contributed by atoms with Gasteiger partial charge in [-0.3, -0.25) is 0 Å². The summed E-state index contributed by atoms with van der Waals surface area (Å²) in [7, 11) is 0. The molecule has 10 heteroatoms. The molecular weight excluding hydrogens is 1250 g/mol. The largest absolute Gasteiger partial charge is 0.458 e. The van der Waals surface area contributed by atoms with Crippen molar-refractivity contribution < 1.29 is 4.74 Å². The normalized spacial score (nSPS) is 13.0. The molecule has 100 heavy (non-hydrogen) atoms. The quantitative estimate of drug-likeness (QED) is 0.127. The third-order valence-corrected chi connectivity index (χ3v) is 23.2. The number of hydrogen-bond acceptors (Lipinski definition) is 8. The van der Waals surface area contributed by atoms with Crippen LogP contribution in [0, 0.1) is 0 Å². The van der Waals surface area contributed by atoms with Crippen LogP contribution in [0.25, 0.3) is 51.5 Å². The third-order valence-electron chi connectivity index (χ3n) is 20.8. The van der Waals surface area contributed by atoms with Gasteiger partial charge in [0.25, 0.3) is 13.4 Å². The Balaban J connectivity index is 0.879. The molecular formula is C90H57B2N5OS2. The average molecular weight is 1310 g/mol. The predicted molar refractivity (Wildman–Crippen MR) is 427 cm³/mol. The number of benzene rings is 15. The van der Waals surface area contributed by atoms with E-state index in [0.717, 1.165) is 119 Å². The minimum absolute atomic E-state index is 0.216. The molecule has 6 heterocycles. The van der Waals surface area contributed by atoms with E-state index >= 15 is 0 Å². The first-order chi connectivity index (χ1) is 49.6. The molecule has 2 aromatic heterocycles. The molecule has 0 unspecified atom stereocenters. The average Bonchev–Trinajstić information content (AvgIpc) is 0.861. The number of thiophene rings is 2. The third kappa shape index (κ3) is 8.64. The molecule has 0 radical (unpaired) electrons. The van der Waals surface area contributed by atoms with Crippen LogP contribution in [-0.4, -0.2) is 13.4 Å². The summed E-state index contributed by atoms with van der Waals surface area (Å²) in [5.74, 6) is 1.69. The Morgan fingerprint density at radius 1 is 0.270 bits per heavy atom. The summed E-state index contributed by atoms with van der Waals surface area (Å²) in [6.45, 7) is -0.434. The fraction of sp³-hybridized carbons (Fsp3) is 0. The summed E-state index contributed by atoms with van der Waals surface area (Å²) in [5, 5.41) is 5.00. The fourth-order valence-corrected chi connectivity index (χ4v) is 19.1. The van der Waals surface area contributed by atoms with Gasteiger partial charge in [0.2, 0.25) is 0 Å². The highest BCUT2D eigenvalue weighted by molar-refractivity contribution is 7.27. The monoisotopic (exact) mass is 1310 g/mol. The topological polar surface area (TPSA) is 25.4 Å². The number of hydrogen-bond donors (Lipinski definition) is 0. The van der Waals surface area contributed by atoms with E-state index in [-0.39, 0.29) is 13.4 Å². The van der Waals surface area contributed by atoms with E-state index in [0.29, 0.717) is 0 Å². The Labute approximate surface area is 588 Å². The molecule has 0 bridgehead atoms. The standard InChI is InChI=1S/C90H57B2N5OS2/c1-6-28-58(29-7-1)65-38-16-21-45-74(65)97-79-57-78-72(92-71-44-20-23-49-83(71)98-84-55-64(54-82(88(84)92)96(78)62-36-14-5-15-37-62)94(60-32-10-3-11-33-60)77-48-27-42-69-67-40-18-25-51-86(67)100-90(69)77)56-73(79)91-70-43-19-22-46-75(70)95(61-34-12-4-13-35-61)80-52-63(53-81(97)87(80)91)93(59-30-8-2-9-31-59)76-47-26-41-68-66-39-17-24-50-85(66)99-89(68)76/h1-57H. The molecule has 6 nitrogen and oxygen atoms in total. The molecule has 4 aliphatic heterocycles. The van der Waals surface area contributed by atoms with Crippen LogP contribution in [0.5, 0.6) is 11.5 Å². The van der Waals surface area contributed by atoms with Gasteiger partial charge in [0.15, 0.2) is 0 Å². The predicted octanol–water partition coefficient (Wildman–Crippen LogP) is 21.5. The first-order valence-electron chi connectivity index (χ1n) is 34.2. The van der Waals surface area contributed by atoms with E-state index in [1.807, 2.05) is 22.7 Å². The lowest BCUT2D eigenvalue weighted by Gasteiger charge is -2.47. The van der Waals surface area contributed by atoms with Gasteiger partial charge in [0, 0.05) is 99.4 Å². The number of ether oxygens (including phenoxy) is 1. The van der Waals surface area contributed by atoms with Gasteiger partial charge < -0.3 is 29.2 Å². The van der Waals surface area contributed by atoms with E-state index in [2.05, 4.69) is 370 Å². The Morgan fingerprint density at radius 3 is 1.32 bits per heavy atom. The molecule has 15 aromatic carbocycles. The van der Waals surface area contributed by atoms with Crippen LogP contribution < -0.4 is 62.0 Å². The van der Waals surface area contributed by atoms with Crippen molar-refractivity contribution in [3.05, 3.63) is 346 Å². The lowest BCUT2D eigenvalue weighted by molar-refractivity contribution is 0.487. The molecule has 0 atom stereocenters. The van der Waals surface area contributed by atoms with E-state index in [1.165, 1.54) is 62.2 Å². The highest BCUT2D eigenvalue weighted by Gasteiger charge is 2.49. The highest BCUT2D eigenvalue weighted by atomic mass is 32.1. The lowest BCUT2D eigenvalue weighted by atomic mass is 9.30. The van der Waals surface area contributed by atoms with Crippen molar-refractivity contribution in [1.29, 1.82) is 0 Å². The second-order valence-electron chi connectivity index (χ2n) is 26.2. The maximum Gasteiger partial charge on any atom is 0.256 e. The van der Waals surface area contributed by atoms with E-state index < -0.39 is 0 Å². The summed E-state index contributed by atoms with van der Waals surface area (Å²) < 4.78 is 12.4. The van der Waals surface area contributed by atoms with Gasteiger partial charge in [0.05, 0.1) is 37.8 Å². The Hall–Kier alpha value is -12.3. The first-order valence-corrected chi connectivity index (χ1v) is 35.8. The van der Waals surface area contributed by atoms with Crippen LogP contribution in [0.15, 0.2) is 346 Å². The highest BCUT2D eigenvalue weighted by Crippen LogP contribution is 2.55. The number of nitrogens with zero attached hydrogens (tertiary/aromatic N) is 5. The Morgan fingerprint density at radius 2 is 0.710 bits per heavy atom. The molecule has 17 aromatic rings. The van der Waals surface area contributed by atoms with Gasteiger partial charge >= 0.3 is 0 Å². The minimum Gasteiger partial charge on any atom is -0.458 e. The van der Waals surface area contributed by atoms with E-state index in [1.54, 1.807) is 0 Å². The van der Waals surface area contributed by atoms with Crippen LogP contribution in [0.3, 0.4) is 0 Å². The molecule has 0 amide bonds. The minimum atomic E-state index is -0.218. The summed E-state index contributed by atoms with van der Waals surface area (Å²) in [6.07, 6.45) is 0. The van der Waals surface area contributed by atoms with E-state index in [4.69, 9.17) is 4.74 Å². The number of rotatable bonds is 10. The Kier molecular flexibility index (Phi) is 12.9. The maximum atomic E-state index is 7.44. The zero-order valence-electron chi connectivity index (χ0n) is 54.0. The van der Waals surface area contributed by atoms with Crippen molar-refractivity contribution in [2.24, 2.45) is 0 Å². The van der Waals surface area contributed by atoms with Crippen molar-refractivity contribution in [3.8, 4) is 22.6 Å². The second-order valence-corrected chi connectivity index (χ2v) is 28.3. The first kappa shape index (κ1) is 56.8. The summed E-state index contributed by atoms with van der Waals surface area (Å²) in [4.78, 5) is 12.7. The summed E-state index contributed by atoms with van der Waals surface area (Å²) >= 11 is 3.72. The molecule has 0 N–H and O–H groups in total. The molecule has 21 rings (SSSR count). The smallest absolute Gasteiger partial charge is 0.256 e. The van der Waals surface area contributed by atoms with Crippen LogP contribution in [0.4, 0.5) is 85.3 Å². The van der Waals surface area contributed by atoms with Crippen LogP contribution in [-0.2, 0) is 0 Å². The van der Waals surface area contributed by atoms with Gasteiger partial charge in [-0.1, -0.05) is 224 Å². The zero-order valence-corrected chi connectivity index (χ0v) is 55.7. The number of fused-ring (bicyclic) bond motifs is 14. The van der Waals surface area contributed by atoms with Crippen molar-refractivity contribution >= 4 is 195 Å².